The predicted octanol–water partition coefficient (Wildman–Crippen LogP) is 2.58. The third-order valence-corrected chi connectivity index (χ3v) is 2.68. The molecule has 15 heavy (non-hydrogen) atoms. The van der Waals surface area contributed by atoms with Crippen LogP contribution < -0.4 is 0 Å². The average Bonchev–Trinajstić information content (AvgIpc) is 2.64. The summed E-state index contributed by atoms with van der Waals surface area (Å²) in [4.78, 5) is 4.02. The van der Waals surface area contributed by atoms with E-state index in [9.17, 15) is 8.78 Å². The highest BCUT2D eigenvalue weighted by molar-refractivity contribution is 7.09. The molecule has 0 unspecified atom stereocenters. The number of aliphatic hydroxyl groups is 1. The molecule has 0 aliphatic rings. The standard InChI is InChI=1S/C10H7F2NOS/c11-7-1-6(2-8(12)3-7)9-5-15-10(4-14)13-9/h1-3,5,14H,4H2. The van der Waals surface area contributed by atoms with Crippen molar-refractivity contribution in [2.45, 2.75) is 6.61 Å². The van der Waals surface area contributed by atoms with Gasteiger partial charge in [-0.2, -0.15) is 0 Å². The molecule has 1 N–H and O–H groups in total. The van der Waals surface area contributed by atoms with Gasteiger partial charge in [0.25, 0.3) is 0 Å². The van der Waals surface area contributed by atoms with Crippen LogP contribution in [0.15, 0.2) is 23.6 Å². The van der Waals surface area contributed by atoms with Crippen molar-refractivity contribution in [3.63, 3.8) is 0 Å². The van der Waals surface area contributed by atoms with Gasteiger partial charge in [-0.05, 0) is 12.1 Å². The molecule has 1 aromatic heterocycles. The SMILES string of the molecule is OCc1nc(-c2cc(F)cc(F)c2)cs1. The zero-order valence-electron chi connectivity index (χ0n) is 7.58. The number of nitrogens with zero attached hydrogens (tertiary/aromatic N) is 1. The van der Waals surface area contributed by atoms with Gasteiger partial charge in [0.05, 0.1) is 12.3 Å². The first kappa shape index (κ1) is 10.2. The quantitative estimate of drug-likeness (QED) is 0.855. The van der Waals surface area contributed by atoms with Gasteiger partial charge in [0, 0.05) is 17.0 Å². The summed E-state index contributed by atoms with van der Waals surface area (Å²) in [7, 11) is 0. The topological polar surface area (TPSA) is 33.1 Å². The molecular weight excluding hydrogens is 220 g/mol. The van der Waals surface area contributed by atoms with Crippen LogP contribution in [0.2, 0.25) is 0 Å². The minimum Gasteiger partial charge on any atom is -0.389 e. The van der Waals surface area contributed by atoms with Gasteiger partial charge in [0.1, 0.15) is 16.6 Å². The van der Waals surface area contributed by atoms with Crippen LogP contribution in [-0.4, -0.2) is 10.1 Å². The van der Waals surface area contributed by atoms with Gasteiger partial charge in [-0.3, -0.25) is 0 Å². The van der Waals surface area contributed by atoms with Gasteiger partial charge in [0.2, 0.25) is 0 Å². The zero-order chi connectivity index (χ0) is 10.8. The van der Waals surface area contributed by atoms with Gasteiger partial charge in [0.15, 0.2) is 0 Å². The van der Waals surface area contributed by atoms with Gasteiger partial charge in [-0.25, -0.2) is 13.8 Å². The van der Waals surface area contributed by atoms with E-state index in [1.807, 2.05) is 0 Å². The highest BCUT2D eigenvalue weighted by Gasteiger charge is 2.06. The lowest BCUT2D eigenvalue weighted by molar-refractivity contribution is 0.281. The molecule has 0 spiro atoms. The molecule has 0 aliphatic heterocycles. The molecule has 1 heterocycles. The van der Waals surface area contributed by atoms with Gasteiger partial charge >= 0.3 is 0 Å². The van der Waals surface area contributed by atoms with Gasteiger partial charge in [-0.1, -0.05) is 0 Å². The Morgan fingerprint density at radius 3 is 2.40 bits per heavy atom. The molecule has 5 heteroatoms. The molecule has 0 atom stereocenters. The molecule has 0 saturated carbocycles. The Morgan fingerprint density at radius 1 is 1.20 bits per heavy atom. The first-order chi connectivity index (χ1) is 7.19. The zero-order valence-corrected chi connectivity index (χ0v) is 8.39. The molecule has 2 rings (SSSR count). The molecule has 2 aromatic rings. The van der Waals surface area contributed by atoms with E-state index in [0.29, 0.717) is 16.3 Å². The lowest BCUT2D eigenvalue weighted by atomic mass is 10.1. The maximum atomic E-state index is 12.9. The van der Waals surface area contributed by atoms with E-state index in [1.165, 1.54) is 23.5 Å². The molecule has 1 aromatic carbocycles. The lowest BCUT2D eigenvalue weighted by Crippen LogP contribution is -1.85. The van der Waals surface area contributed by atoms with Gasteiger partial charge < -0.3 is 5.11 Å². The van der Waals surface area contributed by atoms with E-state index in [0.717, 1.165) is 6.07 Å². The van der Waals surface area contributed by atoms with Crippen molar-refractivity contribution in [2.75, 3.05) is 0 Å². The maximum Gasteiger partial charge on any atom is 0.126 e. The number of hydrogen-bond acceptors (Lipinski definition) is 3. The van der Waals surface area contributed by atoms with Gasteiger partial charge in [-0.15, -0.1) is 11.3 Å². The maximum absolute atomic E-state index is 12.9. The van der Waals surface area contributed by atoms with Crippen LogP contribution in [0.3, 0.4) is 0 Å². The van der Waals surface area contributed by atoms with E-state index < -0.39 is 11.6 Å². The number of halogens is 2. The van der Waals surface area contributed by atoms with Crippen LogP contribution in [0.25, 0.3) is 11.3 Å². The third-order valence-electron chi connectivity index (χ3n) is 1.85. The Hall–Kier alpha value is -1.33. The first-order valence-corrected chi connectivity index (χ1v) is 5.09. The fourth-order valence-corrected chi connectivity index (χ4v) is 1.88. The van der Waals surface area contributed by atoms with Crippen LogP contribution >= 0.6 is 11.3 Å². The molecule has 0 amide bonds. The third kappa shape index (κ3) is 2.19. The van der Waals surface area contributed by atoms with Crippen LogP contribution in [0, 0.1) is 11.6 Å². The van der Waals surface area contributed by atoms with Crippen molar-refractivity contribution in [3.05, 3.63) is 40.2 Å². The van der Waals surface area contributed by atoms with Crippen molar-refractivity contribution in [1.82, 2.24) is 4.98 Å². The Morgan fingerprint density at radius 2 is 1.87 bits per heavy atom. The van der Waals surface area contributed by atoms with Crippen LogP contribution in [0.5, 0.6) is 0 Å². The molecule has 0 saturated heterocycles. The number of aliphatic hydroxyl groups excluding tert-OH is 1. The molecule has 2 nitrogen and oxygen atoms in total. The van der Waals surface area contributed by atoms with E-state index in [-0.39, 0.29) is 6.61 Å². The Labute approximate surface area is 88.8 Å². The normalized spacial score (nSPS) is 10.6. The second-order valence-corrected chi connectivity index (χ2v) is 3.89. The van der Waals surface area contributed by atoms with Crippen molar-refractivity contribution >= 4 is 11.3 Å². The highest BCUT2D eigenvalue weighted by atomic mass is 32.1. The minimum absolute atomic E-state index is 0.164. The Balaban J connectivity index is 2.44. The van der Waals surface area contributed by atoms with Crippen LogP contribution in [0.4, 0.5) is 8.78 Å². The minimum atomic E-state index is -0.636. The van der Waals surface area contributed by atoms with Crippen molar-refractivity contribution in [1.29, 1.82) is 0 Å². The summed E-state index contributed by atoms with van der Waals surface area (Å²) in [5.41, 5.74) is 0.853. The smallest absolute Gasteiger partial charge is 0.126 e. The fourth-order valence-electron chi connectivity index (χ4n) is 1.22. The summed E-state index contributed by atoms with van der Waals surface area (Å²) in [6.45, 7) is -0.164. The Bertz CT molecular complexity index is 464. The number of rotatable bonds is 2. The molecular formula is C10H7F2NOS. The van der Waals surface area contributed by atoms with E-state index >= 15 is 0 Å². The fraction of sp³-hybridized carbons (Fsp3) is 0.100. The van der Waals surface area contributed by atoms with E-state index in [1.54, 1.807) is 5.38 Å². The van der Waals surface area contributed by atoms with Crippen LogP contribution in [-0.2, 0) is 6.61 Å². The van der Waals surface area contributed by atoms with Crippen molar-refractivity contribution in [3.8, 4) is 11.3 Å². The summed E-state index contributed by atoms with van der Waals surface area (Å²) >= 11 is 1.25. The second kappa shape index (κ2) is 4.04. The number of hydrogen-bond donors (Lipinski definition) is 1. The number of thiazole rings is 1. The summed E-state index contributed by atoms with van der Waals surface area (Å²) < 4.78 is 25.8. The molecule has 0 fully saturated rings. The number of aromatic nitrogens is 1. The molecule has 0 radical (unpaired) electrons. The first-order valence-electron chi connectivity index (χ1n) is 4.21. The van der Waals surface area contributed by atoms with Crippen molar-refractivity contribution < 1.29 is 13.9 Å². The highest BCUT2D eigenvalue weighted by Crippen LogP contribution is 2.23. The second-order valence-electron chi connectivity index (χ2n) is 2.94. The predicted molar refractivity (Wildman–Crippen MR) is 53.4 cm³/mol. The molecule has 0 aliphatic carbocycles. The van der Waals surface area contributed by atoms with Crippen LogP contribution in [0.1, 0.15) is 5.01 Å². The summed E-state index contributed by atoms with van der Waals surface area (Å²) in [5, 5.41) is 11.0. The molecule has 0 bridgehead atoms. The summed E-state index contributed by atoms with van der Waals surface area (Å²) in [6, 6.07) is 3.22. The average molecular weight is 227 g/mol. The molecule has 78 valence electrons. The largest absolute Gasteiger partial charge is 0.389 e. The monoisotopic (exact) mass is 227 g/mol. The number of benzene rings is 1. The Kier molecular flexibility index (Phi) is 2.75. The summed E-state index contributed by atoms with van der Waals surface area (Å²) in [6.07, 6.45) is 0. The van der Waals surface area contributed by atoms with E-state index in [2.05, 4.69) is 4.98 Å². The lowest BCUT2D eigenvalue weighted by Gasteiger charge is -1.97. The summed E-state index contributed by atoms with van der Waals surface area (Å²) in [5.74, 6) is -1.27. The van der Waals surface area contributed by atoms with E-state index in [4.69, 9.17) is 5.11 Å². The van der Waals surface area contributed by atoms with Crippen molar-refractivity contribution in [2.24, 2.45) is 0 Å².